The van der Waals surface area contributed by atoms with Crippen molar-refractivity contribution in [3.8, 4) is 0 Å². The Labute approximate surface area is 66.2 Å². The second kappa shape index (κ2) is 2.32. The third-order valence-electron chi connectivity index (χ3n) is 1.89. The number of nitrogens with one attached hydrogen (secondary N) is 1. The fourth-order valence-corrected chi connectivity index (χ4v) is 1.40. The maximum absolute atomic E-state index is 11.1. The largest absolute Gasteiger partial charge is 0.348 e. The molecule has 1 saturated heterocycles. The highest BCUT2D eigenvalue weighted by Gasteiger charge is 2.41. The first-order chi connectivity index (χ1) is 4.93. The van der Waals surface area contributed by atoms with Gasteiger partial charge in [0.1, 0.15) is 5.92 Å². The zero-order chi connectivity index (χ0) is 8.65. The molecule has 0 aromatic heterocycles. The molecule has 0 aliphatic carbocycles. The normalized spacial score (nSPS) is 25.5. The average Bonchev–Trinajstić information content (AvgIpc) is 2.08. The van der Waals surface area contributed by atoms with Crippen LogP contribution in [0.2, 0.25) is 0 Å². The third kappa shape index (κ3) is 1.42. The third-order valence-corrected chi connectivity index (χ3v) is 1.89. The average molecular weight is 155 g/mol. The molecular weight excluding hydrogens is 142 g/mol. The molecule has 62 valence electrons. The lowest BCUT2D eigenvalue weighted by Gasteiger charge is -2.22. The number of carbonyl (C=O) groups excluding carboxylic acids is 2. The highest BCUT2D eigenvalue weighted by molar-refractivity contribution is 6.08. The van der Waals surface area contributed by atoms with Crippen LogP contribution in [0.5, 0.6) is 0 Å². The van der Waals surface area contributed by atoms with Crippen molar-refractivity contribution >= 4 is 11.7 Å². The summed E-state index contributed by atoms with van der Waals surface area (Å²) in [6.45, 7) is 5.92. The Morgan fingerprint density at radius 3 is 2.09 bits per heavy atom. The van der Waals surface area contributed by atoms with Crippen LogP contribution in [0.25, 0.3) is 0 Å². The first kappa shape index (κ1) is 8.24. The van der Waals surface area contributed by atoms with Gasteiger partial charge in [0.2, 0.25) is 5.91 Å². The number of ketones is 1. The lowest BCUT2D eigenvalue weighted by molar-refractivity contribution is -0.131. The van der Waals surface area contributed by atoms with Crippen LogP contribution in [0.4, 0.5) is 0 Å². The van der Waals surface area contributed by atoms with E-state index in [0.717, 1.165) is 0 Å². The highest BCUT2D eigenvalue weighted by Crippen LogP contribution is 2.28. The summed E-state index contributed by atoms with van der Waals surface area (Å²) in [5, 5.41) is 2.54. The summed E-state index contributed by atoms with van der Waals surface area (Å²) in [7, 11) is 0. The van der Waals surface area contributed by atoms with Gasteiger partial charge < -0.3 is 5.32 Å². The Kier molecular flexibility index (Phi) is 1.74. The molecule has 0 spiro atoms. The zero-order valence-electron chi connectivity index (χ0n) is 7.10. The van der Waals surface area contributed by atoms with E-state index in [4.69, 9.17) is 0 Å². The van der Waals surface area contributed by atoms with Gasteiger partial charge in [0.05, 0.1) is 6.54 Å². The van der Waals surface area contributed by atoms with Gasteiger partial charge in [-0.3, -0.25) is 9.59 Å². The van der Waals surface area contributed by atoms with Gasteiger partial charge in [-0.2, -0.15) is 0 Å². The second-order valence-electron chi connectivity index (χ2n) is 3.98. The summed E-state index contributed by atoms with van der Waals surface area (Å²) in [4.78, 5) is 22.2. The molecule has 1 atom stereocenters. The van der Waals surface area contributed by atoms with E-state index in [1.54, 1.807) is 0 Å². The van der Waals surface area contributed by atoms with Crippen LogP contribution < -0.4 is 5.32 Å². The van der Waals surface area contributed by atoms with Gasteiger partial charge >= 0.3 is 0 Å². The molecule has 1 heterocycles. The molecule has 1 aliphatic heterocycles. The number of hydrogen-bond donors (Lipinski definition) is 1. The summed E-state index contributed by atoms with van der Waals surface area (Å²) in [6.07, 6.45) is 0. The van der Waals surface area contributed by atoms with Gasteiger partial charge in [-0.1, -0.05) is 20.8 Å². The topological polar surface area (TPSA) is 46.2 Å². The number of amides is 1. The maximum Gasteiger partial charge on any atom is 0.231 e. The molecule has 1 unspecified atom stereocenters. The molecule has 3 heteroatoms. The minimum atomic E-state index is -0.442. The first-order valence-corrected chi connectivity index (χ1v) is 3.73. The Morgan fingerprint density at radius 2 is 1.91 bits per heavy atom. The SMILES string of the molecule is CC(C)(C)C1C(=O)CNC1=O. The zero-order valence-corrected chi connectivity index (χ0v) is 7.10. The molecule has 0 saturated carbocycles. The molecule has 1 amide bonds. The molecule has 0 radical (unpaired) electrons. The van der Waals surface area contributed by atoms with E-state index < -0.39 is 5.92 Å². The van der Waals surface area contributed by atoms with Crippen LogP contribution in [0.3, 0.4) is 0 Å². The van der Waals surface area contributed by atoms with Crippen LogP contribution in [0, 0.1) is 11.3 Å². The Hall–Kier alpha value is -0.860. The molecule has 0 bridgehead atoms. The van der Waals surface area contributed by atoms with Gasteiger partial charge in [-0.25, -0.2) is 0 Å². The van der Waals surface area contributed by atoms with Gasteiger partial charge in [-0.15, -0.1) is 0 Å². The van der Waals surface area contributed by atoms with Crippen LogP contribution >= 0.6 is 0 Å². The molecular formula is C8H13NO2. The van der Waals surface area contributed by atoms with E-state index in [1.807, 2.05) is 20.8 Å². The highest BCUT2D eigenvalue weighted by atomic mass is 16.2. The van der Waals surface area contributed by atoms with E-state index in [9.17, 15) is 9.59 Å². The minimum absolute atomic E-state index is 0.0162. The molecule has 0 aromatic rings. The fraction of sp³-hybridized carbons (Fsp3) is 0.750. The van der Waals surface area contributed by atoms with E-state index in [2.05, 4.69) is 5.32 Å². The molecule has 3 nitrogen and oxygen atoms in total. The standard InChI is InChI=1S/C8H13NO2/c1-8(2,3)6-5(10)4-9-7(6)11/h6H,4H2,1-3H3,(H,9,11). The smallest absolute Gasteiger partial charge is 0.231 e. The number of hydrogen-bond acceptors (Lipinski definition) is 2. The summed E-state index contributed by atoms with van der Waals surface area (Å²) in [5.41, 5.74) is -0.238. The fourth-order valence-electron chi connectivity index (χ4n) is 1.40. The predicted molar refractivity (Wildman–Crippen MR) is 41.0 cm³/mol. The van der Waals surface area contributed by atoms with Crippen molar-refractivity contribution in [2.24, 2.45) is 11.3 Å². The van der Waals surface area contributed by atoms with E-state index >= 15 is 0 Å². The first-order valence-electron chi connectivity index (χ1n) is 3.73. The van der Waals surface area contributed by atoms with E-state index in [-0.39, 0.29) is 23.7 Å². The van der Waals surface area contributed by atoms with Crippen molar-refractivity contribution in [1.29, 1.82) is 0 Å². The van der Waals surface area contributed by atoms with E-state index in [1.165, 1.54) is 0 Å². The Morgan fingerprint density at radius 1 is 1.36 bits per heavy atom. The van der Waals surface area contributed by atoms with Crippen LogP contribution in [-0.4, -0.2) is 18.2 Å². The molecule has 11 heavy (non-hydrogen) atoms. The quantitative estimate of drug-likeness (QED) is 0.513. The van der Waals surface area contributed by atoms with Crippen molar-refractivity contribution in [3.63, 3.8) is 0 Å². The second-order valence-corrected chi connectivity index (χ2v) is 3.98. The predicted octanol–water partition coefficient (Wildman–Crippen LogP) is 0.348. The van der Waals surface area contributed by atoms with Crippen molar-refractivity contribution in [1.82, 2.24) is 5.32 Å². The van der Waals surface area contributed by atoms with Gasteiger partial charge in [0.25, 0.3) is 0 Å². The minimum Gasteiger partial charge on any atom is -0.348 e. The Balaban J connectivity index is 2.85. The van der Waals surface area contributed by atoms with Crippen molar-refractivity contribution in [3.05, 3.63) is 0 Å². The van der Waals surface area contributed by atoms with Crippen LogP contribution in [0.1, 0.15) is 20.8 Å². The molecule has 0 aromatic carbocycles. The van der Waals surface area contributed by atoms with Crippen LogP contribution in [-0.2, 0) is 9.59 Å². The molecule has 1 aliphatic rings. The maximum atomic E-state index is 11.1. The lowest BCUT2D eigenvalue weighted by Crippen LogP contribution is -2.31. The lowest BCUT2D eigenvalue weighted by atomic mass is 9.79. The van der Waals surface area contributed by atoms with Crippen molar-refractivity contribution in [2.75, 3.05) is 6.54 Å². The van der Waals surface area contributed by atoms with Crippen LogP contribution in [0.15, 0.2) is 0 Å². The molecule has 1 fully saturated rings. The number of carbonyl (C=O) groups is 2. The molecule has 1 rings (SSSR count). The Bertz CT molecular complexity index is 187. The summed E-state index contributed by atoms with van der Waals surface area (Å²) < 4.78 is 0. The summed E-state index contributed by atoms with van der Waals surface area (Å²) >= 11 is 0. The van der Waals surface area contributed by atoms with Gasteiger partial charge in [-0.05, 0) is 5.41 Å². The van der Waals surface area contributed by atoms with Crippen molar-refractivity contribution in [2.45, 2.75) is 20.8 Å². The number of Topliss-reactive ketones (excluding diaryl/α,β-unsaturated/α-hetero) is 1. The molecule has 1 N–H and O–H groups in total. The summed E-state index contributed by atoms with van der Waals surface area (Å²) in [5.74, 6) is -0.549. The number of rotatable bonds is 0. The van der Waals surface area contributed by atoms with E-state index in [0.29, 0.717) is 0 Å². The van der Waals surface area contributed by atoms with Gasteiger partial charge in [0, 0.05) is 0 Å². The van der Waals surface area contributed by atoms with Crippen molar-refractivity contribution < 1.29 is 9.59 Å². The monoisotopic (exact) mass is 155 g/mol. The van der Waals surface area contributed by atoms with Gasteiger partial charge in [0.15, 0.2) is 5.78 Å². The summed E-state index contributed by atoms with van der Waals surface area (Å²) in [6, 6.07) is 0.